The summed E-state index contributed by atoms with van der Waals surface area (Å²) in [5.41, 5.74) is 3.18. The van der Waals surface area contributed by atoms with Gasteiger partial charge in [-0.25, -0.2) is 5.84 Å². The Morgan fingerprint density at radius 2 is 2.25 bits per heavy atom. The van der Waals surface area contributed by atoms with Crippen LogP contribution in [0.25, 0.3) is 6.08 Å². The zero-order valence-electron chi connectivity index (χ0n) is 8.85. The summed E-state index contributed by atoms with van der Waals surface area (Å²) in [6.07, 6.45) is 4.93. The molecule has 1 aromatic carbocycles. The summed E-state index contributed by atoms with van der Waals surface area (Å²) in [5.74, 6) is 5.70. The number of hydrogen-bond donors (Lipinski definition) is 2. The molecule has 0 radical (unpaired) electrons. The van der Waals surface area contributed by atoms with Crippen LogP contribution < -0.4 is 16.0 Å². The summed E-state index contributed by atoms with van der Waals surface area (Å²) < 4.78 is 5.72. The van der Waals surface area contributed by atoms with E-state index in [0.717, 1.165) is 11.3 Å². The minimum atomic E-state index is -0.171. The molecule has 0 aliphatic carbocycles. The highest BCUT2D eigenvalue weighted by Crippen LogP contribution is 2.26. The first kappa shape index (κ1) is 10.7. The third-order valence-corrected chi connectivity index (χ3v) is 2.50. The molecule has 1 aliphatic rings. The maximum Gasteiger partial charge on any atom is 0.234 e. The molecule has 1 unspecified atom stereocenters. The van der Waals surface area contributed by atoms with Crippen molar-refractivity contribution in [2.45, 2.75) is 18.9 Å². The van der Waals surface area contributed by atoms with Crippen LogP contribution in [0.1, 0.15) is 18.4 Å². The molecule has 16 heavy (non-hydrogen) atoms. The third-order valence-electron chi connectivity index (χ3n) is 2.50. The van der Waals surface area contributed by atoms with Crippen molar-refractivity contribution in [2.24, 2.45) is 5.84 Å². The zero-order chi connectivity index (χ0) is 11.4. The number of hydrogen-bond acceptors (Lipinski definition) is 3. The van der Waals surface area contributed by atoms with Crippen molar-refractivity contribution in [3.05, 3.63) is 35.9 Å². The van der Waals surface area contributed by atoms with Crippen LogP contribution in [-0.4, -0.2) is 12.0 Å². The number of benzene rings is 1. The van der Waals surface area contributed by atoms with Crippen LogP contribution in [0.15, 0.2) is 30.3 Å². The maximum absolute atomic E-state index is 11.0. The molecule has 1 aromatic rings. The van der Waals surface area contributed by atoms with Gasteiger partial charge in [-0.1, -0.05) is 24.3 Å². The maximum atomic E-state index is 11.0. The lowest BCUT2D eigenvalue weighted by atomic mass is 10.1. The number of fused-ring (bicyclic) bond motifs is 1. The minimum Gasteiger partial charge on any atom is -0.486 e. The van der Waals surface area contributed by atoms with Gasteiger partial charge in [0, 0.05) is 12.0 Å². The molecular weight excluding hydrogens is 204 g/mol. The molecule has 4 heteroatoms. The standard InChI is InChI=1S/C12H14N2O2/c13-14-12(15)8-7-10-6-5-9-3-1-2-4-11(9)16-10/h1-6,10H,7-8,13H2,(H,14,15). The second-order valence-corrected chi connectivity index (χ2v) is 3.66. The first-order valence-corrected chi connectivity index (χ1v) is 5.23. The van der Waals surface area contributed by atoms with Crippen LogP contribution in [0.5, 0.6) is 5.75 Å². The fraction of sp³-hybridized carbons (Fsp3) is 0.250. The largest absolute Gasteiger partial charge is 0.486 e. The van der Waals surface area contributed by atoms with Crippen molar-refractivity contribution in [2.75, 3.05) is 0 Å². The molecule has 4 nitrogen and oxygen atoms in total. The summed E-state index contributed by atoms with van der Waals surface area (Å²) >= 11 is 0. The van der Waals surface area contributed by atoms with Crippen molar-refractivity contribution < 1.29 is 9.53 Å². The Hall–Kier alpha value is -1.81. The zero-order valence-corrected chi connectivity index (χ0v) is 8.85. The molecule has 0 fully saturated rings. The summed E-state index contributed by atoms with van der Waals surface area (Å²) in [5, 5.41) is 0. The van der Waals surface area contributed by atoms with Gasteiger partial charge in [0.25, 0.3) is 0 Å². The molecule has 2 rings (SSSR count). The Morgan fingerprint density at radius 3 is 3.06 bits per heavy atom. The van der Waals surface area contributed by atoms with Gasteiger partial charge in [0.05, 0.1) is 0 Å². The summed E-state index contributed by atoms with van der Waals surface area (Å²) in [7, 11) is 0. The molecule has 1 heterocycles. The van der Waals surface area contributed by atoms with E-state index in [4.69, 9.17) is 10.6 Å². The number of ether oxygens (including phenoxy) is 1. The van der Waals surface area contributed by atoms with E-state index in [1.807, 2.05) is 36.4 Å². The van der Waals surface area contributed by atoms with Crippen molar-refractivity contribution in [3.63, 3.8) is 0 Å². The Bertz CT molecular complexity index is 415. The van der Waals surface area contributed by atoms with Gasteiger partial charge in [-0.2, -0.15) is 0 Å². The first-order valence-electron chi connectivity index (χ1n) is 5.23. The normalized spacial score (nSPS) is 17.4. The highest BCUT2D eigenvalue weighted by Gasteiger charge is 2.14. The predicted octanol–water partition coefficient (Wildman–Crippen LogP) is 1.23. The van der Waals surface area contributed by atoms with Crippen LogP contribution >= 0.6 is 0 Å². The van der Waals surface area contributed by atoms with Crippen LogP contribution in [0.2, 0.25) is 0 Å². The van der Waals surface area contributed by atoms with Gasteiger partial charge >= 0.3 is 0 Å². The molecule has 0 spiro atoms. The summed E-state index contributed by atoms with van der Waals surface area (Å²) in [6, 6.07) is 7.82. The Kier molecular flexibility index (Phi) is 3.22. The van der Waals surface area contributed by atoms with E-state index in [-0.39, 0.29) is 12.0 Å². The Morgan fingerprint density at radius 1 is 1.44 bits per heavy atom. The predicted molar refractivity (Wildman–Crippen MR) is 61.5 cm³/mol. The first-order chi connectivity index (χ1) is 7.79. The molecular formula is C12H14N2O2. The minimum absolute atomic E-state index is 0.0489. The number of carbonyl (C=O) groups is 1. The van der Waals surface area contributed by atoms with Gasteiger partial charge in [0.1, 0.15) is 11.9 Å². The number of rotatable bonds is 3. The van der Waals surface area contributed by atoms with Gasteiger partial charge in [-0.3, -0.25) is 10.2 Å². The number of carbonyl (C=O) groups excluding carboxylic acids is 1. The van der Waals surface area contributed by atoms with E-state index in [9.17, 15) is 4.79 Å². The van der Waals surface area contributed by atoms with Crippen molar-refractivity contribution in [1.29, 1.82) is 0 Å². The van der Waals surface area contributed by atoms with E-state index in [2.05, 4.69) is 5.43 Å². The molecule has 1 atom stereocenters. The smallest absolute Gasteiger partial charge is 0.234 e. The number of nitrogens with one attached hydrogen (secondary N) is 1. The lowest BCUT2D eigenvalue weighted by Crippen LogP contribution is -2.31. The van der Waals surface area contributed by atoms with Crippen LogP contribution in [0, 0.1) is 0 Å². The summed E-state index contributed by atoms with van der Waals surface area (Å²) in [4.78, 5) is 11.0. The third kappa shape index (κ3) is 2.41. The lowest BCUT2D eigenvalue weighted by molar-refractivity contribution is -0.121. The van der Waals surface area contributed by atoms with Gasteiger partial charge in [-0.15, -0.1) is 0 Å². The van der Waals surface area contributed by atoms with Crippen LogP contribution in [0.3, 0.4) is 0 Å². The second kappa shape index (κ2) is 4.81. The highest BCUT2D eigenvalue weighted by atomic mass is 16.5. The highest BCUT2D eigenvalue weighted by molar-refractivity contribution is 5.75. The van der Waals surface area contributed by atoms with Gasteiger partial charge in [-0.05, 0) is 18.6 Å². The van der Waals surface area contributed by atoms with E-state index in [0.29, 0.717) is 12.8 Å². The molecule has 1 aliphatic heterocycles. The summed E-state index contributed by atoms with van der Waals surface area (Å²) in [6.45, 7) is 0. The van der Waals surface area contributed by atoms with Crippen LogP contribution in [0.4, 0.5) is 0 Å². The molecule has 84 valence electrons. The van der Waals surface area contributed by atoms with Crippen molar-refractivity contribution in [3.8, 4) is 5.75 Å². The topological polar surface area (TPSA) is 64.3 Å². The van der Waals surface area contributed by atoms with E-state index in [1.165, 1.54) is 0 Å². The SMILES string of the molecule is NNC(=O)CCC1C=Cc2ccccc2O1. The van der Waals surface area contributed by atoms with E-state index < -0.39 is 0 Å². The van der Waals surface area contributed by atoms with Crippen molar-refractivity contribution >= 4 is 12.0 Å². The Labute approximate surface area is 94.1 Å². The van der Waals surface area contributed by atoms with Gasteiger partial charge < -0.3 is 4.74 Å². The average molecular weight is 218 g/mol. The van der Waals surface area contributed by atoms with Crippen molar-refractivity contribution in [1.82, 2.24) is 5.43 Å². The van der Waals surface area contributed by atoms with Gasteiger partial charge in [0.15, 0.2) is 0 Å². The molecule has 0 saturated carbocycles. The second-order valence-electron chi connectivity index (χ2n) is 3.66. The molecule has 0 bridgehead atoms. The fourth-order valence-corrected chi connectivity index (χ4v) is 1.64. The number of hydrazine groups is 1. The molecule has 0 saturated heterocycles. The van der Waals surface area contributed by atoms with Crippen LogP contribution in [-0.2, 0) is 4.79 Å². The molecule has 1 amide bonds. The lowest BCUT2D eigenvalue weighted by Gasteiger charge is -2.20. The average Bonchev–Trinajstić information content (AvgIpc) is 2.35. The number of para-hydroxylation sites is 1. The fourth-order valence-electron chi connectivity index (χ4n) is 1.64. The monoisotopic (exact) mass is 218 g/mol. The van der Waals surface area contributed by atoms with Gasteiger partial charge in [0.2, 0.25) is 5.91 Å². The Balaban J connectivity index is 1.96. The number of amides is 1. The number of nitrogens with two attached hydrogens (primary N) is 1. The molecule has 3 N–H and O–H groups in total. The molecule has 0 aromatic heterocycles. The van der Waals surface area contributed by atoms with E-state index >= 15 is 0 Å². The van der Waals surface area contributed by atoms with E-state index in [1.54, 1.807) is 0 Å². The quantitative estimate of drug-likeness (QED) is 0.455.